The predicted octanol–water partition coefficient (Wildman–Crippen LogP) is 5.39. The molecule has 0 bridgehead atoms. The van der Waals surface area contributed by atoms with Crippen LogP contribution in [-0.4, -0.2) is 34.3 Å². The van der Waals surface area contributed by atoms with Gasteiger partial charge in [0.2, 0.25) is 5.58 Å². The number of fused-ring (bicyclic) bond motifs is 3. The molecule has 2 heterocycles. The molecule has 8 nitrogen and oxygen atoms in total. The number of ether oxygens (including phenoxy) is 1. The Bertz CT molecular complexity index is 1420. The number of nitrogens with zero attached hydrogens (tertiary/aromatic N) is 2. The van der Waals surface area contributed by atoms with Gasteiger partial charge in [-0.25, -0.2) is 9.78 Å². The molecule has 1 unspecified atom stereocenters. The Morgan fingerprint density at radius 2 is 1.76 bits per heavy atom. The molecule has 0 saturated heterocycles. The Labute approximate surface area is 217 Å². The number of carbonyl (C=O) groups excluding carboxylic acids is 1. The smallest absolute Gasteiger partial charge is 0.407 e. The molecule has 0 spiro atoms. The Kier molecular flexibility index (Phi) is 7.97. The van der Waals surface area contributed by atoms with Crippen LogP contribution in [-0.2, 0) is 11.3 Å². The van der Waals surface area contributed by atoms with Crippen molar-refractivity contribution in [3.63, 3.8) is 0 Å². The molecule has 2 aromatic heterocycles. The normalized spacial score (nSPS) is 12.8. The van der Waals surface area contributed by atoms with Crippen molar-refractivity contribution in [3.05, 3.63) is 76.3 Å². The zero-order valence-electron chi connectivity index (χ0n) is 22.2. The molecule has 37 heavy (non-hydrogen) atoms. The first kappa shape index (κ1) is 26.4. The largest absolute Gasteiger partial charge is 0.448 e. The number of benzene rings is 2. The van der Waals surface area contributed by atoms with E-state index in [4.69, 9.17) is 14.1 Å². The van der Waals surface area contributed by atoms with Gasteiger partial charge in [0.15, 0.2) is 0 Å². The van der Waals surface area contributed by atoms with Crippen molar-refractivity contribution in [1.82, 2.24) is 20.2 Å². The molecule has 0 aliphatic carbocycles. The van der Waals surface area contributed by atoms with E-state index < -0.39 is 11.7 Å². The first-order valence-electron chi connectivity index (χ1n) is 12.8. The van der Waals surface area contributed by atoms with Crippen molar-refractivity contribution in [3.8, 4) is 0 Å². The van der Waals surface area contributed by atoms with E-state index in [2.05, 4.69) is 24.5 Å². The highest BCUT2D eigenvalue weighted by Crippen LogP contribution is 2.28. The fourth-order valence-corrected chi connectivity index (χ4v) is 4.32. The summed E-state index contributed by atoms with van der Waals surface area (Å²) in [5.41, 5.74) is 1.78. The third-order valence-corrected chi connectivity index (χ3v) is 6.03. The molecule has 1 atom stereocenters. The van der Waals surface area contributed by atoms with Gasteiger partial charge in [0.25, 0.3) is 5.56 Å². The van der Waals surface area contributed by atoms with Gasteiger partial charge in [-0.05, 0) is 57.4 Å². The summed E-state index contributed by atoms with van der Waals surface area (Å²) in [6.07, 6.45) is 0.269. The van der Waals surface area contributed by atoms with E-state index in [0.29, 0.717) is 43.0 Å². The van der Waals surface area contributed by atoms with Crippen molar-refractivity contribution in [1.29, 1.82) is 0 Å². The number of hydrogen-bond acceptors (Lipinski definition) is 6. The molecule has 196 valence electrons. The van der Waals surface area contributed by atoms with Gasteiger partial charge in [0, 0.05) is 11.9 Å². The molecule has 0 saturated carbocycles. The number of rotatable bonds is 9. The number of para-hydroxylation sites is 1. The second-order valence-electron chi connectivity index (χ2n) is 10.6. The molecule has 0 radical (unpaired) electrons. The second kappa shape index (κ2) is 11.2. The van der Waals surface area contributed by atoms with E-state index in [1.165, 1.54) is 0 Å². The van der Waals surface area contributed by atoms with Crippen LogP contribution >= 0.6 is 0 Å². The second-order valence-corrected chi connectivity index (χ2v) is 10.6. The topological polar surface area (TPSA) is 98.4 Å². The third kappa shape index (κ3) is 6.38. The van der Waals surface area contributed by atoms with Crippen LogP contribution in [0.4, 0.5) is 4.79 Å². The van der Waals surface area contributed by atoms with Gasteiger partial charge >= 0.3 is 6.09 Å². The van der Waals surface area contributed by atoms with E-state index in [0.717, 1.165) is 10.9 Å². The Hall–Kier alpha value is -3.65. The summed E-state index contributed by atoms with van der Waals surface area (Å²) < 4.78 is 13.0. The first-order valence-corrected chi connectivity index (χ1v) is 12.8. The maximum atomic E-state index is 13.8. The SMILES string of the molecule is CC(C)C(NCCCNC(=O)OC(C)(C)C)c1nc2c(oc3ccccc32)c(=O)n1Cc1ccccc1. The van der Waals surface area contributed by atoms with Gasteiger partial charge in [0.05, 0.1) is 12.6 Å². The average Bonchev–Trinajstić information content (AvgIpc) is 3.21. The summed E-state index contributed by atoms with van der Waals surface area (Å²) in [6, 6.07) is 17.3. The number of alkyl carbamates (subject to hydrolysis) is 1. The standard InChI is InChI=1S/C29H36N4O4/c1-19(2)23(30-16-11-17-31-28(35)37-29(3,4)5)26-32-24-21-14-9-10-15-22(21)36-25(24)27(34)33(26)18-20-12-7-6-8-13-20/h6-10,12-15,19,23,30H,11,16-18H2,1-5H3,(H,31,35). The fourth-order valence-electron chi connectivity index (χ4n) is 4.32. The minimum atomic E-state index is -0.533. The minimum Gasteiger partial charge on any atom is -0.448 e. The fraction of sp³-hybridized carbons (Fsp3) is 0.414. The van der Waals surface area contributed by atoms with Crippen molar-refractivity contribution in [2.24, 2.45) is 5.92 Å². The van der Waals surface area contributed by atoms with E-state index >= 15 is 0 Å². The summed E-state index contributed by atoms with van der Waals surface area (Å²) in [7, 11) is 0. The van der Waals surface area contributed by atoms with E-state index in [1.54, 1.807) is 4.57 Å². The molecule has 0 aliphatic rings. The highest BCUT2D eigenvalue weighted by Gasteiger charge is 2.25. The molecule has 0 fully saturated rings. The molecule has 8 heteroatoms. The summed E-state index contributed by atoms with van der Waals surface area (Å²) in [5.74, 6) is 0.825. The molecule has 4 aromatic rings. The van der Waals surface area contributed by atoms with Crippen LogP contribution in [0.3, 0.4) is 0 Å². The number of nitrogens with one attached hydrogen (secondary N) is 2. The predicted molar refractivity (Wildman–Crippen MR) is 146 cm³/mol. The molecular formula is C29H36N4O4. The van der Waals surface area contributed by atoms with Gasteiger partial charge in [-0.2, -0.15) is 0 Å². The summed E-state index contributed by atoms with van der Waals surface area (Å²) in [5, 5.41) is 7.19. The molecule has 1 amide bonds. The average molecular weight is 505 g/mol. The number of amides is 1. The zero-order chi connectivity index (χ0) is 26.6. The number of aromatic nitrogens is 2. The lowest BCUT2D eigenvalue weighted by Gasteiger charge is -2.25. The van der Waals surface area contributed by atoms with Crippen LogP contribution in [0.5, 0.6) is 0 Å². The maximum absolute atomic E-state index is 13.8. The van der Waals surface area contributed by atoms with Crippen LogP contribution < -0.4 is 16.2 Å². The van der Waals surface area contributed by atoms with E-state index in [9.17, 15) is 9.59 Å². The van der Waals surface area contributed by atoms with Crippen molar-refractivity contribution >= 4 is 28.2 Å². The van der Waals surface area contributed by atoms with Crippen molar-refractivity contribution < 1.29 is 13.9 Å². The molecule has 2 N–H and O–H groups in total. The van der Waals surface area contributed by atoms with Crippen LogP contribution in [0, 0.1) is 5.92 Å². The van der Waals surface area contributed by atoms with Crippen LogP contribution in [0.1, 0.15) is 58.5 Å². The van der Waals surface area contributed by atoms with Crippen molar-refractivity contribution in [2.45, 2.75) is 59.2 Å². The van der Waals surface area contributed by atoms with Crippen molar-refractivity contribution in [2.75, 3.05) is 13.1 Å². The highest BCUT2D eigenvalue weighted by molar-refractivity contribution is 6.01. The summed E-state index contributed by atoms with van der Waals surface area (Å²) >= 11 is 0. The van der Waals surface area contributed by atoms with Gasteiger partial charge < -0.3 is 19.8 Å². The lowest BCUT2D eigenvalue weighted by atomic mass is 10.0. The lowest BCUT2D eigenvalue weighted by Crippen LogP contribution is -2.37. The molecule has 0 aliphatic heterocycles. The van der Waals surface area contributed by atoms with E-state index in [1.807, 2.05) is 75.4 Å². The molecule has 4 rings (SSSR count). The number of furan rings is 1. The minimum absolute atomic E-state index is 0.156. The van der Waals surface area contributed by atoms with Crippen LogP contribution in [0.15, 0.2) is 63.8 Å². The maximum Gasteiger partial charge on any atom is 0.407 e. The zero-order valence-corrected chi connectivity index (χ0v) is 22.2. The number of hydrogen-bond donors (Lipinski definition) is 2. The van der Waals surface area contributed by atoms with Gasteiger partial charge in [-0.15, -0.1) is 0 Å². The van der Waals surface area contributed by atoms with E-state index in [-0.39, 0.29) is 23.1 Å². The molecular weight excluding hydrogens is 468 g/mol. The first-order chi connectivity index (χ1) is 17.6. The highest BCUT2D eigenvalue weighted by atomic mass is 16.6. The van der Waals surface area contributed by atoms with Gasteiger partial charge in [0.1, 0.15) is 22.5 Å². The quantitative estimate of drug-likeness (QED) is 0.297. The monoisotopic (exact) mass is 504 g/mol. The Balaban J connectivity index is 1.62. The Morgan fingerprint density at radius 1 is 1.05 bits per heavy atom. The summed E-state index contributed by atoms with van der Waals surface area (Å²) in [6.45, 7) is 11.2. The molecule has 2 aromatic carbocycles. The third-order valence-electron chi connectivity index (χ3n) is 6.03. The van der Waals surface area contributed by atoms with Gasteiger partial charge in [-0.1, -0.05) is 56.3 Å². The van der Waals surface area contributed by atoms with Crippen LogP contribution in [0.25, 0.3) is 22.1 Å². The number of carbonyl (C=O) groups is 1. The Morgan fingerprint density at radius 3 is 2.46 bits per heavy atom. The van der Waals surface area contributed by atoms with Gasteiger partial charge in [-0.3, -0.25) is 9.36 Å². The summed E-state index contributed by atoms with van der Waals surface area (Å²) in [4.78, 5) is 30.7. The van der Waals surface area contributed by atoms with Crippen LogP contribution in [0.2, 0.25) is 0 Å². The lowest BCUT2D eigenvalue weighted by molar-refractivity contribution is 0.0527.